The smallest absolute Gasteiger partial charge is 0.408 e. The van der Waals surface area contributed by atoms with Crippen LogP contribution < -0.4 is 42.5 Å². The molecule has 1 aliphatic rings. The van der Waals surface area contributed by atoms with Gasteiger partial charge in [-0.05, 0) is 97.6 Å². The molecule has 0 unspecified atom stereocenters. The quantitative estimate of drug-likeness (QED) is 0.0172. The molecule has 0 aliphatic heterocycles. The molecule has 0 heterocycles. The highest BCUT2D eigenvalue weighted by Gasteiger charge is 2.43. The molecular formula is C55H72ClF9N8O14. The number of ether oxygens (including phenoxy) is 4. The summed E-state index contributed by atoms with van der Waals surface area (Å²) >= 11 is 6.08. The Morgan fingerprint density at radius 2 is 1.00 bits per heavy atom. The second kappa shape index (κ2) is 34.7. The molecule has 2 aromatic rings. The van der Waals surface area contributed by atoms with E-state index in [1.54, 1.807) is 59.2 Å². The molecule has 0 spiro atoms. The van der Waals surface area contributed by atoms with Gasteiger partial charge < -0.3 is 61.5 Å². The van der Waals surface area contributed by atoms with E-state index in [0.717, 1.165) is 33.1 Å². The molecule has 1 aliphatic carbocycles. The highest BCUT2D eigenvalue weighted by Crippen LogP contribution is 2.26. The molecule has 0 bridgehead atoms. The number of nitrogens with one attached hydrogen (secondary N) is 8. The van der Waals surface area contributed by atoms with Gasteiger partial charge in [0.15, 0.2) is 0 Å². The van der Waals surface area contributed by atoms with Gasteiger partial charge in [0.1, 0.15) is 67.2 Å². The Morgan fingerprint density at radius 3 is 1.54 bits per heavy atom. The van der Waals surface area contributed by atoms with E-state index in [1.807, 2.05) is 16.0 Å². The molecule has 0 radical (unpaired) electrons. The van der Waals surface area contributed by atoms with E-state index in [9.17, 15) is 87.5 Å². The van der Waals surface area contributed by atoms with E-state index < -0.39 is 171 Å². The minimum atomic E-state index is -5.41. The molecule has 8 N–H and O–H groups in total. The van der Waals surface area contributed by atoms with Gasteiger partial charge in [0.05, 0.1) is 19.3 Å². The predicted molar refractivity (Wildman–Crippen MR) is 290 cm³/mol. The van der Waals surface area contributed by atoms with Crippen molar-refractivity contribution in [3.8, 4) is 0 Å². The van der Waals surface area contributed by atoms with Crippen molar-refractivity contribution in [3.05, 3.63) is 70.7 Å². The molecule has 2 aromatic carbocycles. The molecule has 0 aromatic heterocycles. The fourth-order valence-corrected chi connectivity index (χ4v) is 8.38. The lowest BCUT2D eigenvalue weighted by Gasteiger charge is -2.28. The number of hydrogen-bond acceptors (Lipinski definition) is 14. The van der Waals surface area contributed by atoms with Crippen molar-refractivity contribution in [1.82, 2.24) is 42.5 Å². The van der Waals surface area contributed by atoms with Crippen LogP contribution >= 0.6 is 11.6 Å². The number of unbranched alkanes of at least 4 members (excludes halogenated alkanes) is 1. The summed E-state index contributed by atoms with van der Waals surface area (Å²) < 4.78 is 147. The van der Waals surface area contributed by atoms with E-state index in [2.05, 4.69) is 10.6 Å². The van der Waals surface area contributed by atoms with Crippen LogP contribution in [0.15, 0.2) is 54.6 Å². The number of carbonyl (C=O) groups excluding carboxylic acids is 10. The molecule has 8 amide bonds. The molecule has 486 valence electrons. The standard InChI is InChI=1S/C55H72ClF9N8O14/c1-31(43(75)70-39(26-53(57,58)59)46(78)68-32(2)49(81)84-29-33-16-8-6-9-17-33)67-44(76)37(22-14-15-25-66-50(82)85-30-34-18-12-13-21-36(34)56)69-47(79)40(27-54(60,61)62)72-48(80)41(28-55(63,64)65)71-45(77)38(73-51(83)87-52(3,4)5)23-24-42(74)86-35-19-10-7-11-20-35/h6,8-9,12-13,16-18,21,31-32,35,37-41H,7,10-11,14-15,19-20,22-30H2,1-5H3,(H,66,82)(H,67,76)(H,68,78)(H,69,79)(H,70,75)(H,71,77)(H,72,80)(H,73,83)/t31-,32-,37-,38-,39-,40-,41-/m0/s1. The second-order valence-corrected chi connectivity index (χ2v) is 21.7. The first-order valence-electron chi connectivity index (χ1n) is 27.5. The SMILES string of the molecule is C[C@H](NC(=O)[C@H](CCCCNC(=O)OCc1ccccc1Cl)NC(=O)[C@H](CC(F)(F)F)NC(=O)[C@H](CC(F)(F)F)NC(=O)[C@H](CCC(=O)OC1CCCCC1)NC(=O)OC(C)(C)C)C(=O)N[C@@H](CC(F)(F)F)C(=O)N[C@@H](C)C(=O)OCc1ccccc1. The Kier molecular flexibility index (Phi) is 29.3. The number of halogens is 10. The summed E-state index contributed by atoms with van der Waals surface area (Å²) in [5, 5.41) is 15.7. The minimum Gasteiger partial charge on any atom is -0.462 e. The first kappa shape index (κ1) is 73.7. The third-order valence-corrected chi connectivity index (χ3v) is 12.9. The van der Waals surface area contributed by atoms with Gasteiger partial charge in [0.25, 0.3) is 0 Å². The molecule has 1 saturated carbocycles. The Balaban J connectivity index is 1.88. The zero-order valence-corrected chi connectivity index (χ0v) is 48.9. The number of amides is 8. The average Bonchev–Trinajstić information content (AvgIpc) is 2.23. The summed E-state index contributed by atoms with van der Waals surface area (Å²) in [4.78, 5) is 132. The van der Waals surface area contributed by atoms with E-state index in [1.165, 1.54) is 32.2 Å². The first-order chi connectivity index (χ1) is 40.5. The molecular weight excluding hydrogens is 1200 g/mol. The van der Waals surface area contributed by atoms with Crippen LogP contribution in [-0.4, -0.2) is 139 Å². The summed E-state index contributed by atoms with van der Waals surface area (Å²) in [5.41, 5.74) is -0.241. The van der Waals surface area contributed by atoms with Crippen molar-refractivity contribution >= 4 is 71.2 Å². The number of hydrogen-bond donors (Lipinski definition) is 8. The van der Waals surface area contributed by atoms with Gasteiger partial charge in [-0.3, -0.25) is 33.6 Å². The lowest BCUT2D eigenvalue weighted by molar-refractivity contribution is -0.157. The van der Waals surface area contributed by atoms with Crippen molar-refractivity contribution < 1.29 is 106 Å². The average molecular weight is 1280 g/mol. The van der Waals surface area contributed by atoms with E-state index in [4.69, 9.17) is 30.5 Å². The van der Waals surface area contributed by atoms with E-state index >= 15 is 0 Å². The molecule has 32 heteroatoms. The Hall–Kier alpha value is -7.60. The largest absolute Gasteiger partial charge is 0.462 e. The zero-order chi connectivity index (χ0) is 65.3. The van der Waals surface area contributed by atoms with Gasteiger partial charge in [-0.15, -0.1) is 0 Å². The molecule has 7 atom stereocenters. The van der Waals surface area contributed by atoms with Crippen LogP contribution in [0.25, 0.3) is 0 Å². The van der Waals surface area contributed by atoms with Crippen molar-refractivity contribution in [1.29, 1.82) is 0 Å². The normalized spacial score (nSPS) is 15.4. The summed E-state index contributed by atoms with van der Waals surface area (Å²) in [6, 6.07) is -1.21. The summed E-state index contributed by atoms with van der Waals surface area (Å²) in [6.07, 6.45) is -24.0. The summed E-state index contributed by atoms with van der Waals surface area (Å²) in [6.45, 7) is 5.46. The molecule has 87 heavy (non-hydrogen) atoms. The van der Waals surface area contributed by atoms with Crippen LogP contribution in [0, 0.1) is 0 Å². The van der Waals surface area contributed by atoms with Gasteiger partial charge in [0.2, 0.25) is 35.4 Å². The van der Waals surface area contributed by atoms with Crippen LogP contribution in [0.1, 0.15) is 129 Å². The summed E-state index contributed by atoms with van der Waals surface area (Å²) in [5.74, 6) is -11.9. The predicted octanol–water partition coefficient (Wildman–Crippen LogP) is 6.84. The van der Waals surface area contributed by atoms with Gasteiger partial charge in [0, 0.05) is 23.6 Å². The van der Waals surface area contributed by atoms with E-state index in [-0.39, 0.29) is 37.6 Å². The lowest BCUT2D eigenvalue weighted by atomic mass is 9.98. The van der Waals surface area contributed by atoms with E-state index in [0.29, 0.717) is 24.0 Å². The Labute approximate surface area is 499 Å². The number of esters is 2. The number of rotatable bonds is 30. The van der Waals surface area contributed by atoms with Gasteiger partial charge in [-0.1, -0.05) is 66.6 Å². The molecule has 22 nitrogen and oxygen atoms in total. The van der Waals surface area contributed by atoms with Crippen LogP contribution in [0.3, 0.4) is 0 Å². The maximum Gasteiger partial charge on any atom is 0.408 e. The van der Waals surface area contributed by atoms with Gasteiger partial charge in [-0.25, -0.2) is 14.4 Å². The molecule has 0 saturated heterocycles. The maximum atomic E-state index is 14.2. The van der Waals surface area contributed by atoms with Crippen molar-refractivity contribution in [2.75, 3.05) is 6.54 Å². The third-order valence-electron chi connectivity index (χ3n) is 12.5. The first-order valence-corrected chi connectivity index (χ1v) is 27.9. The second-order valence-electron chi connectivity index (χ2n) is 21.3. The number of alkyl halides is 9. The number of benzene rings is 2. The maximum absolute atomic E-state index is 14.2. The third kappa shape index (κ3) is 30.5. The summed E-state index contributed by atoms with van der Waals surface area (Å²) in [7, 11) is 0. The minimum absolute atomic E-state index is 0.0869. The van der Waals surface area contributed by atoms with Gasteiger partial charge in [-0.2, -0.15) is 39.5 Å². The Bertz CT molecular complexity index is 2640. The monoisotopic (exact) mass is 1270 g/mol. The number of carbonyl (C=O) groups is 10. The van der Waals surface area contributed by atoms with Crippen LogP contribution in [0.5, 0.6) is 0 Å². The van der Waals surface area contributed by atoms with Crippen molar-refractivity contribution in [2.24, 2.45) is 0 Å². The van der Waals surface area contributed by atoms with Crippen LogP contribution in [0.2, 0.25) is 5.02 Å². The van der Waals surface area contributed by atoms with Crippen LogP contribution in [-0.2, 0) is 70.5 Å². The highest BCUT2D eigenvalue weighted by molar-refractivity contribution is 6.31. The lowest BCUT2D eigenvalue weighted by Crippen LogP contribution is -2.60. The number of alkyl carbamates (subject to hydrolysis) is 2. The molecule has 1 fully saturated rings. The topological polar surface area (TPSA) is 304 Å². The Morgan fingerprint density at radius 1 is 0.529 bits per heavy atom. The van der Waals surface area contributed by atoms with Crippen molar-refractivity contribution in [2.45, 2.75) is 204 Å². The fraction of sp³-hybridized carbons (Fsp3) is 0.600. The zero-order valence-electron chi connectivity index (χ0n) is 48.1. The highest BCUT2D eigenvalue weighted by atomic mass is 35.5. The van der Waals surface area contributed by atoms with Crippen LogP contribution in [0.4, 0.5) is 49.1 Å². The van der Waals surface area contributed by atoms with Crippen molar-refractivity contribution in [3.63, 3.8) is 0 Å². The van der Waals surface area contributed by atoms with Gasteiger partial charge >= 0.3 is 42.7 Å². The fourth-order valence-electron chi connectivity index (χ4n) is 8.19. The molecule has 3 rings (SSSR count).